The number of rotatable bonds is 5. The predicted molar refractivity (Wildman–Crippen MR) is 49.5 cm³/mol. The molecular weight excluding hydrogens is 171 g/mol. The molecule has 0 bridgehead atoms. The van der Waals surface area contributed by atoms with Crippen molar-refractivity contribution in [3.63, 3.8) is 0 Å². The molecule has 1 fully saturated rings. The molecule has 0 aliphatic carbocycles. The molecule has 0 aromatic heterocycles. The summed E-state index contributed by atoms with van der Waals surface area (Å²) in [5.41, 5.74) is 0. The molecule has 0 saturated carbocycles. The van der Waals surface area contributed by atoms with Crippen LogP contribution < -0.4 is 0 Å². The minimum atomic E-state index is -0.0278. The Labute approximate surface area is 78.9 Å². The van der Waals surface area contributed by atoms with Crippen LogP contribution in [-0.2, 0) is 19.0 Å². The Bertz CT molecular complexity index is 164. The Morgan fingerprint density at radius 3 is 3.08 bits per heavy atom. The molecule has 4 nitrogen and oxygen atoms in total. The average Bonchev–Trinajstić information content (AvgIpc) is 2.47. The van der Waals surface area contributed by atoms with Gasteiger partial charge in [0.05, 0.1) is 12.7 Å². The molecule has 0 radical (unpaired) electrons. The number of methoxy groups -OCH3 is 1. The third-order valence-corrected chi connectivity index (χ3v) is 2.16. The predicted octanol–water partition coefficient (Wildman–Crippen LogP) is -1.03. The molecule has 0 N–H and O–H groups in total. The summed E-state index contributed by atoms with van der Waals surface area (Å²) in [5, 5.41) is 0. The highest BCUT2D eigenvalue weighted by molar-refractivity contribution is 6.11. The van der Waals surface area contributed by atoms with E-state index in [0.717, 1.165) is 12.7 Å². The molecule has 0 aromatic carbocycles. The van der Waals surface area contributed by atoms with E-state index in [9.17, 15) is 4.79 Å². The van der Waals surface area contributed by atoms with Gasteiger partial charge in [-0.15, -0.1) is 0 Å². The minimum absolute atomic E-state index is 0.0278. The van der Waals surface area contributed by atoms with Crippen LogP contribution in [0.5, 0.6) is 0 Å². The van der Waals surface area contributed by atoms with E-state index >= 15 is 0 Å². The van der Waals surface area contributed by atoms with Crippen molar-refractivity contribution < 1.29 is 19.0 Å². The first-order chi connectivity index (χ1) is 6.27. The first-order valence-electron chi connectivity index (χ1n) is 4.47. The Morgan fingerprint density at radius 2 is 2.46 bits per heavy atom. The van der Waals surface area contributed by atoms with Gasteiger partial charge in [0.1, 0.15) is 26.8 Å². The quantitative estimate of drug-likeness (QED) is 0.312. The van der Waals surface area contributed by atoms with Crippen LogP contribution in [0, 0.1) is 0 Å². The van der Waals surface area contributed by atoms with Gasteiger partial charge in [-0.05, 0) is 6.42 Å². The normalized spacial score (nSPS) is 33.5. The molecule has 3 atom stereocenters. The fraction of sp³-hybridized carbons (Fsp3) is 0.875. The Balaban J connectivity index is 2.26. The van der Waals surface area contributed by atoms with Gasteiger partial charge in [-0.2, -0.15) is 0 Å². The van der Waals surface area contributed by atoms with Crippen LogP contribution in [0.1, 0.15) is 6.42 Å². The lowest BCUT2D eigenvalue weighted by atomic mass is 9.96. The van der Waals surface area contributed by atoms with Gasteiger partial charge in [0, 0.05) is 13.1 Å². The topological polar surface area (TPSA) is 44.8 Å². The summed E-state index contributed by atoms with van der Waals surface area (Å²) in [6, 6.07) is 0.217. The number of aldehydes is 1. The van der Waals surface area contributed by atoms with Gasteiger partial charge in [0.25, 0.3) is 0 Å². The highest BCUT2D eigenvalue weighted by atomic mass is 16.6. The molecule has 74 valence electrons. The van der Waals surface area contributed by atoms with Crippen molar-refractivity contribution in [2.75, 3.05) is 20.3 Å². The molecular formula is C8H15BO4. The van der Waals surface area contributed by atoms with E-state index in [4.69, 9.17) is 14.2 Å². The maximum absolute atomic E-state index is 10.00. The lowest BCUT2D eigenvalue weighted by molar-refractivity contribution is -0.114. The second-order valence-electron chi connectivity index (χ2n) is 3.20. The summed E-state index contributed by atoms with van der Waals surface area (Å²) in [7, 11) is 3.67. The van der Waals surface area contributed by atoms with Crippen LogP contribution in [0.25, 0.3) is 0 Å². The van der Waals surface area contributed by atoms with Crippen LogP contribution in [0.15, 0.2) is 0 Å². The Hall–Kier alpha value is -0.385. The van der Waals surface area contributed by atoms with Gasteiger partial charge in [-0.3, -0.25) is 0 Å². The maximum Gasteiger partial charge on any atom is 0.145 e. The molecule has 13 heavy (non-hydrogen) atoms. The first kappa shape index (κ1) is 10.7. The average molecular weight is 186 g/mol. The first-order valence-corrected chi connectivity index (χ1v) is 4.47. The Morgan fingerprint density at radius 1 is 1.69 bits per heavy atom. The van der Waals surface area contributed by atoms with Gasteiger partial charge < -0.3 is 19.0 Å². The summed E-state index contributed by atoms with van der Waals surface area (Å²) < 4.78 is 15.9. The van der Waals surface area contributed by atoms with Gasteiger partial charge in [0.15, 0.2) is 0 Å². The van der Waals surface area contributed by atoms with Gasteiger partial charge >= 0.3 is 0 Å². The maximum atomic E-state index is 10.00. The van der Waals surface area contributed by atoms with Crippen LogP contribution >= 0.6 is 0 Å². The largest absolute Gasteiger partial charge is 0.379 e. The zero-order chi connectivity index (χ0) is 9.68. The molecule has 0 amide bonds. The number of hydrogen-bond acceptors (Lipinski definition) is 4. The van der Waals surface area contributed by atoms with E-state index in [2.05, 4.69) is 0 Å². The SMILES string of the molecule is B[C@H]1CC(OC)[C@@H](COCC=O)O1. The molecule has 1 rings (SSSR count). The molecule has 1 saturated heterocycles. The molecule has 1 aliphatic rings. The lowest BCUT2D eigenvalue weighted by Crippen LogP contribution is -2.28. The molecule has 1 heterocycles. The zero-order valence-corrected chi connectivity index (χ0v) is 8.06. The van der Waals surface area contributed by atoms with E-state index in [0.29, 0.717) is 6.61 Å². The van der Waals surface area contributed by atoms with E-state index in [1.165, 1.54) is 0 Å². The van der Waals surface area contributed by atoms with Crippen molar-refractivity contribution >= 4 is 14.1 Å². The summed E-state index contributed by atoms with van der Waals surface area (Å²) >= 11 is 0. The summed E-state index contributed by atoms with van der Waals surface area (Å²) in [6.45, 7) is 0.562. The molecule has 0 spiro atoms. The molecule has 1 aliphatic heterocycles. The van der Waals surface area contributed by atoms with Crippen molar-refractivity contribution in [2.24, 2.45) is 0 Å². The van der Waals surface area contributed by atoms with Gasteiger partial charge in [0.2, 0.25) is 0 Å². The molecule has 1 unspecified atom stereocenters. The summed E-state index contributed by atoms with van der Waals surface area (Å²) in [6.07, 6.45) is 1.70. The number of ether oxygens (including phenoxy) is 3. The fourth-order valence-electron chi connectivity index (χ4n) is 1.55. The summed E-state index contributed by atoms with van der Waals surface area (Å²) in [5.74, 6) is 0. The third kappa shape index (κ3) is 3.10. The van der Waals surface area contributed by atoms with Crippen molar-refractivity contribution in [1.82, 2.24) is 0 Å². The highest BCUT2D eigenvalue weighted by Gasteiger charge is 2.32. The smallest absolute Gasteiger partial charge is 0.145 e. The minimum Gasteiger partial charge on any atom is -0.379 e. The lowest BCUT2D eigenvalue weighted by Gasteiger charge is -2.16. The van der Waals surface area contributed by atoms with Crippen LogP contribution in [0.2, 0.25) is 0 Å². The number of carbonyl (C=O) groups is 1. The van der Waals surface area contributed by atoms with Gasteiger partial charge in [-0.25, -0.2) is 0 Å². The monoisotopic (exact) mass is 186 g/mol. The van der Waals surface area contributed by atoms with Crippen LogP contribution in [0.4, 0.5) is 0 Å². The van der Waals surface area contributed by atoms with Crippen molar-refractivity contribution in [3.05, 3.63) is 0 Å². The van der Waals surface area contributed by atoms with E-state index in [1.807, 2.05) is 7.85 Å². The van der Waals surface area contributed by atoms with Gasteiger partial charge in [-0.1, -0.05) is 0 Å². The van der Waals surface area contributed by atoms with E-state index < -0.39 is 0 Å². The number of carbonyl (C=O) groups excluding carboxylic acids is 1. The third-order valence-electron chi connectivity index (χ3n) is 2.16. The van der Waals surface area contributed by atoms with E-state index in [-0.39, 0.29) is 24.8 Å². The fourth-order valence-corrected chi connectivity index (χ4v) is 1.55. The van der Waals surface area contributed by atoms with Crippen molar-refractivity contribution in [1.29, 1.82) is 0 Å². The van der Waals surface area contributed by atoms with Crippen LogP contribution in [-0.4, -0.2) is 52.7 Å². The summed E-state index contributed by atoms with van der Waals surface area (Å²) in [4.78, 5) is 10.00. The van der Waals surface area contributed by atoms with Crippen molar-refractivity contribution in [3.8, 4) is 0 Å². The molecule has 0 aromatic rings. The standard InChI is InChI=1S/C8H15BO4/c1-11-6-4-8(9)13-7(6)5-12-3-2-10/h2,6-8H,3-5,9H2,1H3/t6?,7-,8-/m1/s1. The zero-order valence-electron chi connectivity index (χ0n) is 8.06. The van der Waals surface area contributed by atoms with Crippen LogP contribution in [0.3, 0.4) is 0 Å². The Kier molecular flexibility index (Phi) is 4.42. The number of hydrogen-bond donors (Lipinski definition) is 0. The molecule has 5 heteroatoms. The second kappa shape index (κ2) is 5.37. The second-order valence-corrected chi connectivity index (χ2v) is 3.20. The van der Waals surface area contributed by atoms with E-state index in [1.54, 1.807) is 7.11 Å². The van der Waals surface area contributed by atoms with Crippen molar-refractivity contribution in [2.45, 2.75) is 24.6 Å². The highest BCUT2D eigenvalue weighted by Crippen LogP contribution is 2.20.